The lowest BCUT2D eigenvalue weighted by molar-refractivity contribution is 0.0642. The van der Waals surface area contributed by atoms with Crippen molar-refractivity contribution in [2.24, 2.45) is 5.92 Å². The highest BCUT2D eigenvalue weighted by molar-refractivity contribution is 6.29. The topological polar surface area (TPSA) is 64.1 Å². The summed E-state index contributed by atoms with van der Waals surface area (Å²) in [7, 11) is 0. The normalized spacial score (nSPS) is 16.8. The predicted molar refractivity (Wildman–Crippen MR) is 62.9 cm³/mol. The van der Waals surface area contributed by atoms with E-state index in [1.807, 2.05) is 0 Å². The molecule has 1 fully saturated rings. The molecule has 2 heterocycles. The average Bonchev–Trinajstić information content (AvgIpc) is 2.38. The Hall–Kier alpha value is -1.20. The van der Waals surface area contributed by atoms with Crippen LogP contribution in [0.2, 0.25) is 5.15 Å². The largest absolute Gasteiger partial charge is 0.381 e. The molecule has 92 valence electrons. The molecular weight excluding hydrogens is 242 g/mol. The summed E-state index contributed by atoms with van der Waals surface area (Å²) < 4.78 is 5.25. The molecular formula is C11H14ClN3O2. The number of ether oxygens (including phenoxy) is 1. The van der Waals surface area contributed by atoms with Crippen LogP contribution in [0.3, 0.4) is 0 Å². The smallest absolute Gasteiger partial charge is 0.271 e. The number of carbonyl (C=O) groups excluding carboxylic acids is 1. The van der Waals surface area contributed by atoms with Crippen LogP contribution < -0.4 is 5.32 Å². The Morgan fingerprint density at radius 1 is 1.41 bits per heavy atom. The first-order valence-corrected chi connectivity index (χ1v) is 5.98. The van der Waals surface area contributed by atoms with E-state index in [-0.39, 0.29) is 11.1 Å². The maximum Gasteiger partial charge on any atom is 0.271 e. The van der Waals surface area contributed by atoms with Crippen LogP contribution in [-0.4, -0.2) is 35.9 Å². The summed E-state index contributed by atoms with van der Waals surface area (Å²) in [6.45, 7) is 2.22. The van der Waals surface area contributed by atoms with Gasteiger partial charge < -0.3 is 10.1 Å². The maximum absolute atomic E-state index is 11.7. The highest BCUT2D eigenvalue weighted by atomic mass is 35.5. The lowest BCUT2D eigenvalue weighted by Crippen LogP contribution is -2.32. The van der Waals surface area contributed by atoms with Crippen molar-refractivity contribution in [2.45, 2.75) is 12.8 Å². The van der Waals surface area contributed by atoms with Gasteiger partial charge in [0.15, 0.2) is 10.8 Å². The van der Waals surface area contributed by atoms with Crippen LogP contribution in [0.4, 0.5) is 0 Å². The molecule has 0 saturated carbocycles. The van der Waals surface area contributed by atoms with Gasteiger partial charge >= 0.3 is 0 Å². The summed E-state index contributed by atoms with van der Waals surface area (Å²) in [5.41, 5.74) is 0.293. The van der Waals surface area contributed by atoms with Gasteiger partial charge in [0.05, 0.1) is 0 Å². The fourth-order valence-electron chi connectivity index (χ4n) is 1.72. The molecule has 0 bridgehead atoms. The lowest BCUT2D eigenvalue weighted by Gasteiger charge is -2.21. The number of halogens is 1. The van der Waals surface area contributed by atoms with Gasteiger partial charge in [0.1, 0.15) is 0 Å². The van der Waals surface area contributed by atoms with Gasteiger partial charge in [-0.1, -0.05) is 11.6 Å². The van der Waals surface area contributed by atoms with Crippen LogP contribution in [0.5, 0.6) is 0 Å². The molecule has 17 heavy (non-hydrogen) atoms. The van der Waals surface area contributed by atoms with Crippen LogP contribution in [0.1, 0.15) is 23.3 Å². The van der Waals surface area contributed by atoms with Gasteiger partial charge in [-0.05, 0) is 30.9 Å². The fourth-order valence-corrected chi connectivity index (χ4v) is 1.82. The minimum Gasteiger partial charge on any atom is -0.381 e. The van der Waals surface area contributed by atoms with Crippen molar-refractivity contribution in [2.75, 3.05) is 19.8 Å². The number of aromatic nitrogens is 2. The van der Waals surface area contributed by atoms with E-state index in [4.69, 9.17) is 16.3 Å². The molecule has 2 rings (SSSR count). The second-order valence-electron chi connectivity index (χ2n) is 4.01. The molecule has 0 aliphatic carbocycles. The summed E-state index contributed by atoms with van der Waals surface area (Å²) >= 11 is 5.60. The van der Waals surface area contributed by atoms with Gasteiger partial charge in [0, 0.05) is 19.8 Å². The molecule has 0 radical (unpaired) electrons. The van der Waals surface area contributed by atoms with Crippen molar-refractivity contribution < 1.29 is 9.53 Å². The molecule has 1 aromatic rings. The fraction of sp³-hybridized carbons (Fsp3) is 0.545. The van der Waals surface area contributed by atoms with Crippen LogP contribution in [0.15, 0.2) is 12.1 Å². The Balaban J connectivity index is 1.82. The number of nitrogens with one attached hydrogen (secondary N) is 1. The van der Waals surface area contributed by atoms with Gasteiger partial charge in [-0.2, -0.15) is 0 Å². The second-order valence-corrected chi connectivity index (χ2v) is 4.39. The molecule has 1 amide bonds. The van der Waals surface area contributed by atoms with Gasteiger partial charge in [-0.3, -0.25) is 4.79 Å². The Morgan fingerprint density at radius 3 is 2.82 bits per heavy atom. The van der Waals surface area contributed by atoms with Crippen LogP contribution in [-0.2, 0) is 4.74 Å². The Labute approximate surface area is 105 Å². The zero-order valence-corrected chi connectivity index (χ0v) is 10.1. The molecule has 1 aliphatic heterocycles. The van der Waals surface area contributed by atoms with E-state index in [9.17, 15) is 4.79 Å². The summed E-state index contributed by atoms with van der Waals surface area (Å²) in [6, 6.07) is 3.12. The molecule has 1 N–H and O–H groups in total. The Morgan fingerprint density at radius 2 is 2.18 bits per heavy atom. The van der Waals surface area contributed by atoms with Crippen molar-refractivity contribution in [3.8, 4) is 0 Å². The molecule has 0 atom stereocenters. The number of rotatable bonds is 3. The molecule has 0 unspecified atom stereocenters. The molecule has 5 nitrogen and oxygen atoms in total. The van der Waals surface area contributed by atoms with Crippen LogP contribution in [0, 0.1) is 5.92 Å². The van der Waals surface area contributed by atoms with E-state index < -0.39 is 0 Å². The van der Waals surface area contributed by atoms with E-state index in [2.05, 4.69) is 15.5 Å². The third-order valence-electron chi connectivity index (χ3n) is 2.76. The van der Waals surface area contributed by atoms with E-state index in [1.165, 1.54) is 0 Å². The predicted octanol–water partition coefficient (Wildman–Crippen LogP) is 1.29. The number of hydrogen-bond donors (Lipinski definition) is 1. The van der Waals surface area contributed by atoms with Crippen molar-refractivity contribution in [3.05, 3.63) is 23.0 Å². The molecule has 1 saturated heterocycles. The van der Waals surface area contributed by atoms with Crippen LogP contribution in [0.25, 0.3) is 0 Å². The quantitative estimate of drug-likeness (QED) is 0.884. The maximum atomic E-state index is 11.7. The summed E-state index contributed by atoms with van der Waals surface area (Å²) in [5.74, 6) is 0.286. The first-order valence-electron chi connectivity index (χ1n) is 5.61. The number of amides is 1. The van der Waals surface area contributed by atoms with E-state index in [1.54, 1.807) is 12.1 Å². The van der Waals surface area contributed by atoms with E-state index in [0.717, 1.165) is 26.1 Å². The van der Waals surface area contributed by atoms with Crippen molar-refractivity contribution in [1.29, 1.82) is 0 Å². The Kier molecular flexibility index (Phi) is 4.28. The zero-order valence-electron chi connectivity index (χ0n) is 9.36. The lowest BCUT2D eigenvalue weighted by atomic mass is 10.0. The molecule has 1 aliphatic rings. The monoisotopic (exact) mass is 255 g/mol. The first kappa shape index (κ1) is 12.3. The average molecular weight is 256 g/mol. The van der Waals surface area contributed by atoms with Gasteiger partial charge in [-0.25, -0.2) is 0 Å². The van der Waals surface area contributed by atoms with Crippen molar-refractivity contribution >= 4 is 17.5 Å². The summed E-state index contributed by atoms with van der Waals surface area (Å²) in [5, 5.41) is 10.5. The van der Waals surface area contributed by atoms with E-state index in [0.29, 0.717) is 18.2 Å². The highest BCUT2D eigenvalue weighted by Crippen LogP contribution is 2.13. The van der Waals surface area contributed by atoms with Crippen molar-refractivity contribution in [1.82, 2.24) is 15.5 Å². The number of nitrogens with zero attached hydrogens (tertiary/aromatic N) is 2. The second kappa shape index (κ2) is 5.93. The standard InChI is InChI=1S/C11H14ClN3O2/c12-10-2-1-9(14-15-10)11(16)13-7-8-3-5-17-6-4-8/h1-2,8H,3-7H2,(H,13,16). The van der Waals surface area contributed by atoms with Gasteiger partial charge in [0.2, 0.25) is 0 Å². The molecule has 6 heteroatoms. The first-order chi connectivity index (χ1) is 8.25. The highest BCUT2D eigenvalue weighted by Gasteiger charge is 2.15. The minimum atomic E-state index is -0.208. The molecule has 0 aromatic carbocycles. The molecule has 1 aromatic heterocycles. The van der Waals surface area contributed by atoms with Crippen molar-refractivity contribution in [3.63, 3.8) is 0 Å². The van der Waals surface area contributed by atoms with Gasteiger partial charge in [-0.15, -0.1) is 10.2 Å². The van der Waals surface area contributed by atoms with Crippen LogP contribution >= 0.6 is 11.6 Å². The minimum absolute atomic E-state index is 0.208. The third kappa shape index (κ3) is 3.64. The number of carbonyl (C=O) groups is 1. The zero-order chi connectivity index (χ0) is 12.1. The third-order valence-corrected chi connectivity index (χ3v) is 2.96. The van der Waals surface area contributed by atoms with Gasteiger partial charge in [0.25, 0.3) is 5.91 Å². The molecule has 0 spiro atoms. The SMILES string of the molecule is O=C(NCC1CCOCC1)c1ccc(Cl)nn1. The summed E-state index contributed by atoms with van der Waals surface area (Å²) in [4.78, 5) is 11.7. The Bertz CT molecular complexity index is 377. The summed E-state index contributed by atoms with van der Waals surface area (Å²) in [6.07, 6.45) is 1.99. The van der Waals surface area contributed by atoms with E-state index >= 15 is 0 Å². The number of hydrogen-bond acceptors (Lipinski definition) is 4.